The minimum Gasteiger partial charge on any atom is -0.369 e. The van der Waals surface area contributed by atoms with Gasteiger partial charge in [0.1, 0.15) is 17.8 Å². The fourth-order valence-corrected chi connectivity index (χ4v) is 4.66. The molecule has 0 aliphatic carbocycles. The van der Waals surface area contributed by atoms with Crippen LogP contribution in [0.25, 0.3) is 11.1 Å². The van der Waals surface area contributed by atoms with E-state index in [-0.39, 0.29) is 5.82 Å². The Hall–Kier alpha value is -4.38. The van der Waals surface area contributed by atoms with Crippen molar-refractivity contribution in [3.63, 3.8) is 0 Å². The summed E-state index contributed by atoms with van der Waals surface area (Å²) in [6.07, 6.45) is 10.3. The Balaban J connectivity index is 1.27. The van der Waals surface area contributed by atoms with Crippen molar-refractivity contribution in [3.05, 3.63) is 84.0 Å². The van der Waals surface area contributed by atoms with Gasteiger partial charge in [-0.3, -0.25) is 10.1 Å². The lowest BCUT2D eigenvalue weighted by Gasteiger charge is -2.36. The summed E-state index contributed by atoms with van der Waals surface area (Å²) in [5.41, 5.74) is 3.68. The minimum absolute atomic E-state index is 0.294. The molecular formula is C27H30FN9O. The Morgan fingerprint density at radius 2 is 1.79 bits per heavy atom. The normalized spacial score (nSPS) is 15.9. The predicted octanol–water partition coefficient (Wildman–Crippen LogP) is 3.43. The van der Waals surface area contributed by atoms with Gasteiger partial charge in [0.05, 0.1) is 11.9 Å². The largest absolute Gasteiger partial charge is 0.369 e. The molecule has 1 aromatic carbocycles. The molecule has 38 heavy (non-hydrogen) atoms. The molecular weight excluding hydrogens is 485 g/mol. The van der Waals surface area contributed by atoms with Crippen LogP contribution in [0.15, 0.2) is 66.3 Å². The molecule has 1 saturated heterocycles. The number of aryl methyl sites for hydroxylation is 1. The van der Waals surface area contributed by atoms with E-state index in [1.807, 2.05) is 38.6 Å². The molecule has 1 aliphatic rings. The molecule has 10 nitrogen and oxygen atoms in total. The van der Waals surface area contributed by atoms with Crippen molar-refractivity contribution in [1.29, 1.82) is 5.41 Å². The van der Waals surface area contributed by atoms with E-state index in [1.54, 1.807) is 36.3 Å². The molecule has 0 radical (unpaired) electrons. The van der Waals surface area contributed by atoms with Gasteiger partial charge in [0.25, 0.3) is 0 Å². The van der Waals surface area contributed by atoms with Gasteiger partial charge in [0, 0.05) is 81.8 Å². The first-order valence-corrected chi connectivity index (χ1v) is 12.3. The van der Waals surface area contributed by atoms with Crippen LogP contribution < -0.4 is 4.90 Å². The van der Waals surface area contributed by atoms with E-state index in [1.165, 1.54) is 12.1 Å². The first kappa shape index (κ1) is 25.3. The average Bonchev–Trinajstić information content (AvgIpc) is 3.61. The number of nitrogens with zero attached hydrogens (tertiary/aromatic N) is 7. The number of halogens is 1. The van der Waals surface area contributed by atoms with Crippen molar-refractivity contribution in [2.75, 3.05) is 38.2 Å². The number of piperazine rings is 1. The van der Waals surface area contributed by atoms with Crippen LogP contribution in [0.3, 0.4) is 0 Å². The first-order valence-electron chi connectivity index (χ1n) is 12.3. The number of hydrogen-bond acceptors (Lipinski definition) is 6. The van der Waals surface area contributed by atoms with Crippen LogP contribution in [0, 0.1) is 11.2 Å². The Labute approximate surface area is 220 Å². The number of rotatable bonds is 7. The standard InChI is InChI=1S/C27H30FN9O/c1-27(38-3,21-4-6-23(28)7-5-21)22-15-31-26(32-16-22)37-10-8-36(9-11-37)25(33-18-29)24-12-19(13-30-24)20-14-34-35(2)17-20/h4-7,12-18,29-30H,8-11H2,1-3H3/t27-/m0/s1. The number of aliphatic imine (C=N–C) groups is 1. The number of benzene rings is 1. The van der Waals surface area contributed by atoms with Crippen LogP contribution in [0.2, 0.25) is 0 Å². The monoisotopic (exact) mass is 515 g/mol. The van der Waals surface area contributed by atoms with Crippen LogP contribution in [-0.4, -0.2) is 75.1 Å². The number of aromatic amines is 1. The zero-order valence-corrected chi connectivity index (χ0v) is 21.6. The van der Waals surface area contributed by atoms with Crippen molar-refractivity contribution in [1.82, 2.24) is 29.6 Å². The SMILES string of the molecule is CO[C@@](C)(c1ccc(F)cc1)c1cnc(N2CCN(C(=NC=N)c3cc(-c4cnn(C)c4)c[nH]3)CC2)nc1. The van der Waals surface area contributed by atoms with E-state index in [2.05, 4.69) is 34.8 Å². The lowest BCUT2D eigenvalue weighted by Crippen LogP contribution is -2.49. The second-order valence-corrected chi connectivity index (χ2v) is 9.28. The van der Waals surface area contributed by atoms with Gasteiger partial charge in [-0.25, -0.2) is 19.4 Å². The summed E-state index contributed by atoms with van der Waals surface area (Å²) < 4.78 is 21.0. The Kier molecular flexibility index (Phi) is 7.01. The number of H-pyrrole nitrogens is 1. The highest BCUT2D eigenvalue weighted by molar-refractivity contribution is 6.01. The van der Waals surface area contributed by atoms with Gasteiger partial charge in [0.2, 0.25) is 5.95 Å². The van der Waals surface area contributed by atoms with Gasteiger partial charge in [-0.15, -0.1) is 0 Å². The summed E-state index contributed by atoms with van der Waals surface area (Å²) in [6.45, 7) is 4.72. The van der Waals surface area contributed by atoms with Crippen molar-refractivity contribution in [2.45, 2.75) is 12.5 Å². The quantitative estimate of drug-likeness (QED) is 0.288. The van der Waals surface area contributed by atoms with Gasteiger partial charge in [-0.1, -0.05) is 12.1 Å². The van der Waals surface area contributed by atoms with E-state index in [0.29, 0.717) is 32.1 Å². The van der Waals surface area contributed by atoms with Gasteiger partial charge in [0.15, 0.2) is 5.84 Å². The fraction of sp³-hybridized carbons (Fsp3) is 0.296. The molecule has 0 amide bonds. The lowest BCUT2D eigenvalue weighted by molar-refractivity contribution is 0.0384. The summed E-state index contributed by atoms with van der Waals surface area (Å²) in [6, 6.07) is 8.29. The minimum atomic E-state index is -0.798. The number of hydrogen-bond donors (Lipinski definition) is 2. The van der Waals surface area contributed by atoms with Gasteiger partial charge in [-0.05, 0) is 30.7 Å². The van der Waals surface area contributed by atoms with Gasteiger partial charge in [-0.2, -0.15) is 5.10 Å². The van der Waals surface area contributed by atoms with Gasteiger partial charge >= 0.3 is 0 Å². The zero-order valence-electron chi connectivity index (χ0n) is 21.6. The van der Waals surface area contributed by atoms with Crippen LogP contribution >= 0.6 is 0 Å². The maximum absolute atomic E-state index is 13.4. The number of anilines is 1. The fourth-order valence-electron chi connectivity index (χ4n) is 4.66. The van der Waals surface area contributed by atoms with E-state index >= 15 is 0 Å². The molecule has 4 aromatic rings. The second-order valence-electron chi connectivity index (χ2n) is 9.28. The van der Waals surface area contributed by atoms with Crippen molar-refractivity contribution in [3.8, 4) is 11.1 Å². The topological polar surface area (TPSA) is 111 Å². The summed E-state index contributed by atoms with van der Waals surface area (Å²) in [5.74, 6) is 1.06. The smallest absolute Gasteiger partial charge is 0.225 e. The van der Waals surface area contributed by atoms with Gasteiger partial charge < -0.3 is 19.5 Å². The van der Waals surface area contributed by atoms with Crippen molar-refractivity contribution in [2.24, 2.45) is 12.0 Å². The maximum Gasteiger partial charge on any atom is 0.225 e. The van der Waals surface area contributed by atoms with Crippen molar-refractivity contribution < 1.29 is 9.13 Å². The Morgan fingerprint density at radius 1 is 1.08 bits per heavy atom. The molecule has 0 spiro atoms. The van der Waals surface area contributed by atoms with Crippen LogP contribution in [0.1, 0.15) is 23.7 Å². The Bertz CT molecular complexity index is 1420. The molecule has 3 aromatic heterocycles. The molecule has 11 heteroatoms. The van der Waals surface area contributed by atoms with E-state index < -0.39 is 5.60 Å². The third kappa shape index (κ3) is 4.92. The summed E-state index contributed by atoms with van der Waals surface area (Å²) in [4.78, 5) is 21.2. The molecule has 1 aliphatic heterocycles. The number of methoxy groups -OCH3 is 1. The number of amidine groups is 1. The molecule has 1 atom stereocenters. The van der Waals surface area contributed by atoms with E-state index in [9.17, 15) is 4.39 Å². The van der Waals surface area contributed by atoms with Crippen molar-refractivity contribution >= 4 is 18.1 Å². The molecule has 0 saturated carbocycles. The molecule has 4 heterocycles. The summed E-state index contributed by atoms with van der Waals surface area (Å²) >= 11 is 0. The summed E-state index contributed by atoms with van der Waals surface area (Å²) in [5, 5.41) is 11.8. The first-order chi connectivity index (χ1) is 18.4. The third-order valence-corrected chi connectivity index (χ3v) is 7.00. The Morgan fingerprint density at radius 3 is 2.39 bits per heavy atom. The van der Waals surface area contributed by atoms with Crippen LogP contribution in [0.4, 0.5) is 10.3 Å². The molecule has 2 N–H and O–H groups in total. The van der Waals surface area contributed by atoms with Crippen LogP contribution in [0.5, 0.6) is 0 Å². The molecule has 0 unspecified atom stereocenters. The molecule has 196 valence electrons. The van der Waals surface area contributed by atoms with Crippen LogP contribution in [-0.2, 0) is 17.4 Å². The second kappa shape index (κ2) is 10.5. The predicted molar refractivity (Wildman–Crippen MR) is 144 cm³/mol. The number of aromatic nitrogens is 5. The maximum atomic E-state index is 13.4. The lowest BCUT2D eigenvalue weighted by atomic mass is 9.90. The average molecular weight is 516 g/mol. The zero-order chi connectivity index (χ0) is 26.7. The third-order valence-electron chi connectivity index (χ3n) is 7.00. The number of nitrogens with one attached hydrogen (secondary N) is 2. The molecule has 5 rings (SSSR count). The highest BCUT2D eigenvalue weighted by Gasteiger charge is 2.30. The highest BCUT2D eigenvalue weighted by Crippen LogP contribution is 2.32. The number of ether oxygens (including phenoxy) is 1. The van der Waals surface area contributed by atoms with E-state index in [4.69, 9.17) is 10.1 Å². The highest BCUT2D eigenvalue weighted by atomic mass is 19.1. The summed E-state index contributed by atoms with van der Waals surface area (Å²) in [7, 11) is 3.51. The molecule has 1 fully saturated rings. The van der Waals surface area contributed by atoms with E-state index in [0.717, 1.165) is 40.1 Å². The molecule has 0 bridgehead atoms.